The first-order valence-corrected chi connectivity index (χ1v) is 6.62. The van der Waals surface area contributed by atoms with Crippen LogP contribution in [-0.4, -0.2) is 4.98 Å². The van der Waals surface area contributed by atoms with Gasteiger partial charge in [-0.25, -0.2) is 4.39 Å². The Hall–Kier alpha value is -2.13. The van der Waals surface area contributed by atoms with E-state index in [0.29, 0.717) is 11.6 Å². The minimum Gasteiger partial charge on any atom is -0.380 e. The second-order valence-electron chi connectivity index (χ2n) is 4.49. The Labute approximate surface area is 121 Å². The van der Waals surface area contributed by atoms with Gasteiger partial charge in [-0.1, -0.05) is 29.8 Å². The maximum absolute atomic E-state index is 13.0. The third-order valence-corrected chi connectivity index (χ3v) is 3.52. The van der Waals surface area contributed by atoms with Crippen LogP contribution in [0.5, 0.6) is 0 Å². The molecule has 0 aliphatic rings. The van der Waals surface area contributed by atoms with Crippen molar-refractivity contribution in [3.63, 3.8) is 0 Å². The van der Waals surface area contributed by atoms with Gasteiger partial charge in [-0.05, 0) is 35.2 Å². The van der Waals surface area contributed by atoms with Crippen molar-refractivity contribution in [2.45, 2.75) is 6.54 Å². The molecule has 1 N–H and O–H groups in total. The van der Waals surface area contributed by atoms with Crippen LogP contribution in [0, 0.1) is 5.82 Å². The zero-order chi connectivity index (χ0) is 13.9. The van der Waals surface area contributed by atoms with Crippen molar-refractivity contribution < 1.29 is 4.39 Å². The quantitative estimate of drug-likeness (QED) is 0.759. The maximum atomic E-state index is 13.0. The fraction of sp³-hybridized carbons (Fsp3) is 0.0625. The van der Waals surface area contributed by atoms with Crippen molar-refractivity contribution >= 4 is 28.1 Å². The molecule has 2 nitrogen and oxygen atoms in total. The normalized spacial score (nSPS) is 10.7. The molecule has 0 aliphatic carbocycles. The van der Waals surface area contributed by atoms with Crippen molar-refractivity contribution in [2.24, 2.45) is 0 Å². The van der Waals surface area contributed by atoms with Crippen LogP contribution < -0.4 is 5.32 Å². The van der Waals surface area contributed by atoms with E-state index in [-0.39, 0.29) is 5.82 Å². The van der Waals surface area contributed by atoms with E-state index in [1.165, 1.54) is 12.1 Å². The van der Waals surface area contributed by atoms with Crippen LogP contribution in [0.25, 0.3) is 10.8 Å². The number of benzene rings is 2. The Morgan fingerprint density at radius 2 is 2.05 bits per heavy atom. The van der Waals surface area contributed by atoms with Gasteiger partial charge in [-0.15, -0.1) is 0 Å². The minimum atomic E-state index is -0.326. The average molecular weight is 287 g/mol. The Balaban J connectivity index is 1.87. The van der Waals surface area contributed by atoms with Crippen LogP contribution >= 0.6 is 11.6 Å². The molecule has 0 saturated carbocycles. The highest BCUT2D eigenvalue weighted by Crippen LogP contribution is 2.24. The molecule has 0 unspecified atom stereocenters. The first-order valence-electron chi connectivity index (χ1n) is 6.24. The van der Waals surface area contributed by atoms with Crippen molar-refractivity contribution in [1.29, 1.82) is 0 Å². The molecule has 0 radical (unpaired) electrons. The highest BCUT2D eigenvalue weighted by molar-refractivity contribution is 6.31. The summed E-state index contributed by atoms with van der Waals surface area (Å²) in [5, 5.41) is 5.91. The van der Waals surface area contributed by atoms with Crippen LogP contribution in [0.1, 0.15) is 5.56 Å². The first-order chi connectivity index (χ1) is 9.74. The lowest BCUT2D eigenvalue weighted by atomic mass is 10.1. The molecule has 0 bridgehead atoms. The zero-order valence-electron chi connectivity index (χ0n) is 10.6. The molecule has 2 aromatic carbocycles. The highest BCUT2D eigenvalue weighted by Gasteiger charge is 2.04. The van der Waals surface area contributed by atoms with Crippen LogP contribution in [0.3, 0.4) is 0 Å². The summed E-state index contributed by atoms with van der Waals surface area (Å²) in [5.41, 5.74) is 1.84. The topological polar surface area (TPSA) is 24.9 Å². The molecule has 1 heterocycles. The summed E-state index contributed by atoms with van der Waals surface area (Å²) >= 11 is 6.02. The molecule has 0 aliphatic heterocycles. The van der Waals surface area contributed by atoms with Crippen molar-refractivity contribution in [1.82, 2.24) is 4.98 Å². The number of hydrogen-bond donors (Lipinski definition) is 1. The van der Waals surface area contributed by atoms with Gasteiger partial charge in [-0.2, -0.15) is 0 Å². The van der Waals surface area contributed by atoms with Gasteiger partial charge >= 0.3 is 0 Å². The van der Waals surface area contributed by atoms with E-state index in [2.05, 4.69) is 10.3 Å². The van der Waals surface area contributed by atoms with Crippen molar-refractivity contribution in [3.8, 4) is 0 Å². The molecular formula is C16H12ClFN2. The number of nitrogens with zero attached hydrogens (tertiary/aromatic N) is 1. The molecule has 0 spiro atoms. The Kier molecular flexibility index (Phi) is 3.52. The average Bonchev–Trinajstić information content (AvgIpc) is 2.46. The molecule has 0 atom stereocenters. The van der Waals surface area contributed by atoms with Crippen LogP contribution in [0.15, 0.2) is 54.9 Å². The van der Waals surface area contributed by atoms with Gasteiger partial charge < -0.3 is 5.32 Å². The van der Waals surface area contributed by atoms with Crippen molar-refractivity contribution in [3.05, 3.63) is 71.3 Å². The van der Waals surface area contributed by atoms with Crippen LogP contribution in [0.2, 0.25) is 5.02 Å². The van der Waals surface area contributed by atoms with Crippen LogP contribution in [0.4, 0.5) is 10.1 Å². The lowest BCUT2D eigenvalue weighted by Crippen LogP contribution is -2.01. The standard InChI is InChI=1S/C16H12ClFN2/c17-15-8-13(18)5-4-12(15)9-20-16-3-1-2-11-6-7-19-10-14(11)16/h1-8,10,20H,9H2. The molecule has 4 heteroatoms. The predicted molar refractivity (Wildman–Crippen MR) is 80.5 cm³/mol. The summed E-state index contributed by atoms with van der Waals surface area (Å²) in [7, 11) is 0. The van der Waals surface area contributed by atoms with E-state index in [4.69, 9.17) is 11.6 Å². The number of nitrogens with one attached hydrogen (secondary N) is 1. The molecule has 1 aromatic heterocycles. The van der Waals surface area contributed by atoms with E-state index >= 15 is 0 Å². The molecule has 0 fully saturated rings. The summed E-state index contributed by atoms with van der Waals surface area (Å²) in [4.78, 5) is 4.14. The molecular weight excluding hydrogens is 275 g/mol. The van der Waals surface area contributed by atoms with Crippen LogP contribution in [-0.2, 0) is 6.54 Å². The number of anilines is 1. The smallest absolute Gasteiger partial charge is 0.124 e. The summed E-state index contributed by atoms with van der Waals surface area (Å²) in [6.45, 7) is 0.535. The Morgan fingerprint density at radius 3 is 2.90 bits per heavy atom. The van der Waals surface area contributed by atoms with Gasteiger partial charge in [0, 0.05) is 35.0 Å². The maximum Gasteiger partial charge on any atom is 0.124 e. The lowest BCUT2D eigenvalue weighted by Gasteiger charge is -2.10. The number of hydrogen-bond acceptors (Lipinski definition) is 2. The Bertz CT molecular complexity index is 753. The number of rotatable bonds is 3. The van der Waals surface area contributed by atoms with Gasteiger partial charge in [0.1, 0.15) is 5.82 Å². The Morgan fingerprint density at radius 1 is 1.15 bits per heavy atom. The fourth-order valence-corrected chi connectivity index (χ4v) is 2.36. The number of pyridine rings is 1. The lowest BCUT2D eigenvalue weighted by molar-refractivity contribution is 0.627. The van der Waals surface area contributed by atoms with E-state index in [0.717, 1.165) is 22.0 Å². The predicted octanol–water partition coefficient (Wildman–Crippen LogP) is 4.64. The van der Waals surface area contributed by atoms with Gasteiger partial charge in [0.2, 0.25) is 0 Å². The van der Waals surface area contributed by atoms with E-state index in [1.54, 1.807) is 12.3 Å². The van der Waals surface area contributed by atoms with Gasteiger partial charge in [0.25, 0.3) is 0 Å². The second-order valence-corrected chi connectivity index (χ2v) is 4.90. The number of fused-ring (bicyclic) bond motifs is 1. The second kappa shape index (κ2) is 5.47. The monoisotopic (exact) mass is 286 g/mol. The molecule has 3 rings (SSSR count). The molecule has 0 saturated heterocycles. The fourth-order valence-electron chi connectivity index (χ4n) is 2.12. The third-order valence-electron chi connectivity index (χ3n) is 3.17. The zero-order valence-corrected chi connectivity index (χ0v) is 11.4. The van der Waals surface area contributed by atoms with E-state index < -0.39 is 0 Å². The molecule has 100 valence electrons. The summed E-state index contributed by atoms with van der Waals surface area (Å²) < 4.78 is 13.0. The van der Waals surface area contributed by atoms with E-state index in [9.17, 15) is 4.39 Å². The van der Waals surface area contributed by atoms with Gasteiger partial charge in [0.15, 0.2) is 0 Å². The number of aromatic nitrogens is 1. The SMILES string of the molecule is Fc1ccc(CNc2cccc3ccncc23)c(Cl)c1. The highest BCUT2D eigenvalue weighted by atomic mass is 35.5. The third kappa shape index (κ3) is 2.58. The largest absolute Gasteiger partial charge is 0.380 e. The van der Waals surface area contributed by atoms with Gasteiger partial charge in [-0.3, -0.25) is 4.98 Å². The van der Waals surface area contributed by atoms with Crippen molar-refractivity contribution in [2.75, 3.05) is 5.32 Å². The molecule has 20 heavy (non-hydrogen) atoms. The van der Waals surface area contributed by atoms with E-state index in [1.807, 2.05) is 30.5 Å². The number of halogens is 2. The molecule has 3 aromatic rings. The minimum absolute atomic E-state index is 0.326. The van der Waals surface area contributed by atoms with Gasteiger partial charge in [0.05, 0.1) is 0 Å². The summed E-state index contributed by atoms with van der Waals surface area (Å²) in [6, 6.07) is 12.4. The molecule has 0 amide bonds. The summed E-state index contributed by atoms with van der Waals surface area (Å²) in [6.07, 6.45) is 3.59. The first kappa shape index (κ1) is 12.9. The summed E-state index contributed by atoms with van der Waals surface area (Å²) in [5.74, 6) is -0.326.